The van der Waals surface area contributed by atoms with Crippen LogP contribution in [0.3, 0.4) is 0 Å². The Bertz CT molecular complexity index is 1280. The maximum absolute atomic E-state index is 12.9. The fraction of sp³-hybridized carbons (Fsp3) is 0.240. The summed E-state index contributed by atoms with van der Waals surface area (Å²) in [5.74, 6) is -1.08. The van der Waals surface area contributed by atoms with Crippen molar-refractivity contribution in [3.8, 4) is 0 Å². The SMILES string of the molecule is Cc1c(/C=C2/SC(=O)N(CC(=O)OC(C)C)C2=O)c2ccccc2n1Cc1ccc(Br)cc1. The zero-order valence-corrected chi connectivity index (χ0v) is 20.9. The maximum atomic E-state index is 12.9. The molecular formula is C25H23BrN2O4S. The summed E-state index contributed by atoms with van der Waals surface area (Å²) in [5, 5.41) is 0.529. The van der Waals surface area contributed by atoms with Crippen LogP contribution in [0.15, 0.2) is 57.9 Å². The lowest BCUT2D eigenvalue weighted by Gasteiger charge is -2.13. The van der Waals surface area contributed by atoms with E-state index in [4.69, 9.17) is 4.74 Å². The van der Waals surface area contributed by atoms with Crippen LogP contribution >= 0.6 is 27.7 Å². The lowest BCUT2D eigenvalue weighted by molar-refractivity contribution is -0.149. The molecule has 0 saturated carbocycles. The van der Waals surface area contributed by atoms with Crippen LogP contribution in [0.2, 0.25) is 0 Å². The van der Waals surface area contributed by atoms with Crippen LogP contribution in [0, 0.1) is 6.92 Å². The second-order valence-electron chi connectivity index (χ2n) is 8.04. The molecule has 1 aliphatic rings. The van der Waals surface area contributed by atoms with Gasteiger partial charge in [0.2, 0.25) is 0 Å². The number of hydrogen-bond donors (Lipinski definition) is 0. The molecule has 170 valence electrons. The van der Waals surface area contributed by atoms with Crippen molar-refractivity contribution in [2.24, 2.45) is 0 Å². The number of thioether (sulfide) groups is 1. The number of rotatable bonds is 6. The zero-order chi connectivity index (χ0) is 23.7. The molecule has 1 aliphatic heterocycles. The largest absolute Gasteiger partial charge is 0.462 e. The standard InChI is InChI=1S/C25H23BrN2O4S/c1-15(2)32-23(29)14-28-24(30)22(33-25(28)31)12-20-16(3)27(21-7-5-4-6-19(20)21)13-17-8-10-18(26)11-9-17/h4-12,15H,13-14H2,1-3H3/b22-12+. The Hall–Kier alpha value is -2.84. The number of halogens is 1. The molecule has 2 aromatic carbocycles. The molecule has 0 atom stereocenters. The zero-order valence-electron chi connectivity index (χ0n) is 18.5. The highest BCUT2D eigenvalue weighted by molar-refractivity contribution is 9.10. The summed E-state index contributed by atoms with van der Waals surface area (Å²) in [5.41, 5.74) is 4.07. The van der Waals surface area contributed by atoms with E-state index in [9.17, 15) is 14.4 Å². The van der Waals surface area contributed by atoms with Crippen LogP contribution in [0.25, 0.3) is 17.0 Å². The average molecular weight is 527 g/mol. The first-order chi connectivity index (χ1) is 15.7. The summed E-state index contributed by atoms with van der Waals surface area (Å²) in [6.45, 7) is 5.74. The van der Waals surface area contributed by atoms with Crippen LogP contribution in [-0.4, -0.2) is 39.2 Å². The molecule has 8 heteroatoms. The Morgan fingerprint density at radius 1 is 1.12 bits per heavy atom. The summed E-state index contributed by atoms with van der Waals surface area (Å²) < 4.78 is 8.31. The van der Waals surface area contributed by atoms with E-state index in [1.165, 1.54) is 0 Å². The van der Waals surface area contributed by atoms with Gasteiger partial charge in [-0.2, -0.15) is 0 Å². The van der Waals surface area contributed by atoms with Crippen LogP contribution in [-0.2, 0) is 20.9 Å². The van der Waals surface area contributed by atoms with E-state index in [-0.39, 0.29) is 12.6 Å². The fourth-order valence-electron chi connectivity index (χ4n) is 3.81. The first-order valence-electron chi connectivity index (χ1n) is 10.5. The molecule has 1 saturated heterocycles. The number of aromatic nitrogens is 1. The molecule has 1 fully saturated rings. The Balaban J connectivity index is 1.68. The summed E-state index contributed by atoms with van der Waals surface area (Å²) in [6.07, 6.45) is 1.45. The highest BCUT2D eigenvalue weighted by Gasteiger charge is 2.37. The van der Waals surface area contributed by atoms with E-state index in [1.807, 2.05) is 43.3 Å². The van der Waals surface area contributed by atoms with Gasteiger partial charge in [-0.3, -0.25) is 19.3 Å². The average Bonchev–Trinajstić information content (AvgIpc) is 3.18. The molecular weight excluding hydrogens is 504 g/mol. The molecule has 0 bridgehead atoms. The monoisotopic (exact) mass is 526 g/mol. The Morgan fingerprint density at radius 3 is 2.52 bits per heavy atom. The summed E-state index contributed by atoms with van der Waals surface area (Å²) in [4.78, 5) is 38.6. The van der Waals surface area contributed by atoms with Crippen LogP contribution in [0.5, 0.6) is 0 Å². The van der Waals surface area contributed by atoms with E-state index in [1.54, 1.807) is 19.9 Å². The maximum Gasteiger partial charge on any atom is 0.326 e. The van der Waals surface area contributed by atoms with Gasteiger partial charge >= 0.3 is 5.97 Å². The lowest BCUT2D eigenvalue weighted by atomic mass is 10.1. The van der Waals surface area contributed by atoms with E-state index in [2.05, 4.69) is 32.6 Å². The van der Waals surface area contributed by atoms with Gasteiger partial charge in [0.05, 0.1) is 11.0 Å². The summed E-state index contributed by atoms with van der Waals surface area (Å²) in [6, 6.07) is 16.2. The number of hydrogen-bond acceptors (Lipinski definition) is 5. The van der Waals surface area contributed by atoms with Gasteiger partial charge in [-0.1, -0.05) is 46.3 Å². The number of benzene rings is 2. The predicted molar refractivity (Wildman–Crippen MR) is 134 cm³/mol. The third-order valence-electron chi connectivity index (χ3n) is 5.34. The second kappa shape index (κ2) is 9.57. The molecule has 0 aliphatic carbocycles. The van der Waals surface area contributed by atoms with Crippen molar-refractivity contribution in [3.63, 3.8) is 0 Å². The van der Waals surface area contributed by atoms with Gasteiger partial charge in [0.1, 0.15) is 6.54 Å². The van der Waals surface area contributed by atoms with Gasteiger partial charge in [0.15, 0.2) is 0 Å². The van der Waals surface area contributed by atoms with Crippen molar-refractivity contribution in [2.45, 2.75) is 33.4 Å². The second-order valence-corrected chi connectivity index (χ2v) is 9.94. The van der Waals surface area contributed by atoms with Crippen LogP contribution in [0.4, 0.5) is 4.79 Å². The van der Waals surface area contributed by atoms with Gasteiger partial charge in [0.25, 0.3) is 11.1 Å². The van der Waals surface area contributed by atoms with E-state index in [0.29, 0.717) is 11.4 Å². The molecule has 4 rings (SSSR count). The van der Waals surface area contributed by atoms with Crippen molar-refractivity contribution in [3.05, 3.63) is 74.7 Å². The highest BCUT2D eigenvalue weighted by Crippen LogP contribution is 2.35. The molecule has 0 unspecified atom stereocenters. The van der Waals surface area contributed by atoms with Crippen molar-refractivity contribution < 1.29 is 19.1 Å². The number of fused-ring (bicyclic) bond motifs is 1. The van der Waals surface area contributed by atoms with E-state index in [0.717, 1.165) is 48.9 Å². The van der Waals surface area contributed by atoms with Gasteiger partial charge in [-0.25, -0.2) is 0 Å². The molecule has 2 amide bonds. The van der Waals surface area contributed by atoms with Crippen LogP contribution in [0.1, 0.15) is 30.7 Å². The highest BCUT2D eigenvalue weighted by atomic mass is 79.9. The van der Waals surface area contributed by atoms with E-state index >= 15 is 0 Å². The number of carbonyl (C=O) groups is 3. The summed E-state index contributed by atoms with van der Waals surface area (Å²) >= 11 is 4.32. The van der Waals surface area contributed by atoms with Crippen molar-refractivity contribution >= 4 is 61.8 Å². The predicted octanol–water partition coefficient (Wildman–Crippen LogP) is 5.75. The van der Waals surface area contributed by atoms with Gasteiger partial charge < -0.3 is 9.30 Å². The van der Waals surface area contributed by atoms with Crippen molar-refractivity contribution in [2.75, 3.05) is 6.54 Å². The number of imide groups is 1. The number of nitrogens with zero attached hydrogens (tertiary/aromatic N) is 2. The normalized spacial score (nSPS) is 15.3. The number of ether oxygens (including phenoxy) is 1. The number of para-hydroxylation sites is 1. The number of esters is 1. The molecule has 33 heavy (non-hydrogen) atoms. The first-order valence-corrected chi connectivity index (χ1v) is 12.1. The van der Waals surface area contributed by atoms with Crippen molar-refractivity contribution in [1.29, 1.82) is 0 Å². The number of carbonyl (C=O) groups excluding carboxylic acids is 3. The molecule has 3 aromatic rings. The van der Waals surface area contributed by atoms with Crippen LogP contribution < -0.4 is 0 Å². The lowest BCUT2D eigenvalue weighted by Crippen LogP contribution is -2.35. The van der Waals surface area contributed by atoms with E-state index < -0.39 is 17.1 Å². The molecule has 6 nitrogen and oxygen atoms in total. The van der Waals surface area contributed by atoms with Gasteiger partial charge in [-0.05, 0) is 62.4 Å². The Kier molecular flexibility index (Phi) is 6.76. The Labute approximate surface area is 204 Å². The molecule has 2 heterocycles. The Morgan fingerprint density at radius 2 is 1.82 bits per heavy atom. The first kappa shape index (κ1) is 23.3. The van der Waals surface area contributed by atoms with Gasteiger partial charge in [0, 0.05) is 33.2 Å². The van der Waals surface area contributed by atoms with Gasteiger partial charge in [-0.15, -0.1) is 0 Å². The number of amides is 2. The fourth-order valence-corrected chi connectivity index (χ4v) is 4.90. The summed E-state index contributed by atoms with van der Waals surface area (Å²) in [7, 11) is 0. The smallest absolute Gasteiger partial charge is 0.326 e. The van der Waals surface area contributed by atoms with Crippen molar-refractivity contribution in [1.82, 2.24) is 9.47 Å². The third-order valence-corrected chi connectivity index (χ3v) is 6.77. The minimum absolute atomic E-state index is 0.298. The molecule has 0 radical (unpaired) electrons. The topological polar surface area (TPSA) is 68.6 Å². The minimum Gasteiger partial charge on any atom is -0.462 e. The minimum atomic E-state index is -0.601. The quantitative estimate of drug-likeness (QED) is 0.302. The molecule has 0 spiro atoms. The third kappa shape index (κ3) is 4.91. The molecule has 0 N–H and O–H groups in total. The molecule has 1 aromatic heterocycles.